The number of nitrogens with zero attached hydrogens (tertiary/aromatic N) is 2. The van der Waals surface area contributed by atoms with Crippen LogP contribution in [0, 0.1) is 10.1 Å². The summed E-state index contributed by atoms with van der Waals surface area (Å²) in [5.41, 5.74) is 1.64. The summed E-state index contributed by atoms with van der Waals surface area (Å²) in [5.74, 6) is 0.719. The Hall–Kier alpha value is -1.70. The van der Waals surface area contributed by atoms with E-state index in [9.17, 15) is 10.1 Å². The Labute approximate surface area is 128 Å². The number of ether oxygens (including phenoxy) is 3. The highest BCUT2D eigenvalue weighted by molar-refractivity contribution is 5.50. The van der Waals surface area contributed by atoms with Gasteiger partial charge in [0, 0.05) is 43.0 Å². The molecular weight excluding hydrogens is 288 g/mol. The van der Waals surface area contributed by atoms with Crippen molar-refractivity contribution in [2.24, 2.45) is 0 Å². The summed E-state index contributed by atoms with van der Waals surface area (Å²) in [6.07, 6.45) is 2.43. The van der Waals surface area contributed by atoms with E-state index in [0.29, 0.717) is 13.2 Å². The highest BCUT2D eigenvalue weighted by Crippen LogP contribution is 2.33. The van der Waals surface area contributed by atoms with Crippen LogP contribution in [0.2, 0.25) is 0 Å². The molecule has 22 heavy (non-hydrogen) atoms. The van der Waals surface area contributed by atoms with Crippen molar-refractivity contribution in [3.05, 3.63) is 33.4 Å². The smallest absolute Gasteiger partial charge is 0.270 e. The fourth-order valence-corrected chi connectivity index (χ4v) is 2.99. The number of benzene rings is 1. The van der Waals surface area contributed by atoms with Crippen molar-refractivity contribution in [2.45, 2.75) is 32.1 Å². The third-order valence-electron chi connectivity index (χ3n) is 3.96. The minimum Gasteiger partial charge on any atom is -0.467 e. The average molecular weight is 308 g/mol. The lowest BCUT2D eigenvalue weighted by Crippen LogP contribution is -2.29. The highest BCUT2D eigenvalue weighted by Gasteiger charge is 2.23. The second-order valence-electron chi connectivity index (χ2n) is 5.79. The minimum absolute atomic E-state index is 0.0772. The molecule has 0 amide bonds. The molecule has 1 fully saturated rings. The number of likely N-dealkylation sites (N-methyl/N-ethyl adjacent to an activating group) is 1. The van der Waals surface area contributed by atoms with Gasteiger partial charge in [-0.25, -0.2) is 0 Å². The van der Waals surface area contributed by atoms with Crippen molar-refractivity contribution in [3.63, 3.8) is 0 Å². The van der Waals surface area contributed by atoms with E-state index in [4.69, 9.17) is 14.2 Å². The molecule has 0 N–H and O–H groups in total. The Morgan fingerprint density at radius 1 is 1.45 bits per heavy atom. The quantitative estimate of drug-likeness (QED) is 0.612. The number of non-ortho nitro benzene ring substituents is 1. The van der Waals surface area contributed by atoms with E-state index in [1.54, 1.807) is 6.07 Å². The molecule has 1 aromatic rings. The Bertz CT molecular complexity index is 557. The molecule has 2 aliphatic rings. The monoisotopic (exact) mass is 308 g/mol. The number of nitro groups is 1. The van der Waals surface area contributed by atoms with E-state index >= 15 is 0 Å². The zero-order valence-corrected chi connectivity index (χ0v) is 12.6. The van der Waals surface area contributed by atoms with Crippen molar-refractivity contribution in [1.29, 1.82) is 0 Å². The lowest BCUT2D eigenvalue weighted by Gasteiger charge is -2.24. The third-order valence-corrected chi connectivity index (χ3v) is 3.96. The Morgan fingerprint density at radius 3 is 3.05 bits per heavy atom. The van der Waals surface area contributed by atoms with Crippen molar-refractivity contribution in [2.75, 3.05) is 27.0 Å². The molecule has 3 rings (SSSR count). The highest BCUT2D eigenvalue weighted by atomic mass is 16.7. The lowest BCUT2D eigenvalue weighted by molar-refractivity contribution is -0.385. The maximum atomic E-state index is 11.1. The molecular formula is C15H20N2O5. The van der Waals surface area contributed by atoms with Crippen LogP contribution in [0.25, 0.3) is 0 Å². The predicted molar refractivity (Wildman–Crippen MR) is 78.7 cm³/mol. The van der Waals surface area contributed by atoms with Gasteiger partial charge in [0.1, 0.15) is 5.75 Å². The summed E-state index contributed by atoms with van der Waals surface area (Å²) >= 11 is 0. The van der Waals surface area contributed by atoms with Crippen LogP contribution in [0.3, 0.4) is 0 Å². The van der Waals surface area contributed by atoms with Crippen LogP contribution in [0.4, 0.5) is 5.69 Å². The third kappa shape index (κ3) is 3.37. The van der Waals surface area contributed by atoms with Crippen LogP contribution in [-0.2, 0) is 22.6 Å². The molecule has 0 spiro atoms. The molecule has 2 aliphatic heterocycles. The molecule has 7 heteroatoms. The van der Waals surface area contributed by atoms with Gasteiger partial charge in [-0.1, -0.05) is 0 Å². The minimum atomic E-state index is -0.377. The molecule has 0 bridgehead atoms. The standard InChI is InChI=1S/C15H20N2O5/c1-16(8-14-3-2-4-21-14)7-11-5-13(17(18)19)6-12-9-20-10-22-15(11)12/h5-6,14H,2-4,7-10H2,1H3/t14-/m0/s1. The normalized spacial score (nSPS) is 20.7. The van der Waals surface area contributed by atoms with E-state index in [2.05, 4.69) is 4.90 Å². The maximum Gasteiger partial charge on any atom is 0.270 e. The first-order chi connectivity index (χ1) is 10.6. The van der Waals surface area contributed by atoms with E-state index in [1.165, 1.54) is 6.07 Å². The maximum absolute atomic E-state index is 11.1. The van der Waals surface area contributed by atoms with E-state index in [0.717, 1.165) is 42.9 Å². The first-order valence-electron chi connectivity index (χ1n) is 7.44. The van der Waals surface area contributed by atoms with E-state index < -0.39 is 0 Å². The number of hydrogen-bond acceptors (Lipinski definition) is 6. The first-order valence-corrected chi connectivity index (χ1v) is 7.44. The zero-order valence-electron chi connectivity index (χ0n) is 12.6. The van der Waals surface area contributed by atoms with Crippen LogP contribution in [0.5, 0.6) is 5.75 Å². The number of hydrogen-bond donors (Lipinski definition) is 0. The van der Waals surface area contributed by atoms with Gasteiger partial charge in [-0.15, -0.1) is 0 Å². The van der Waals surface area contributed by atoms with Crippen molar-refractivity contribution in [1.82, 2.24) is 4.90 Å². The van der Waals surface area contributed by atoms with Gasteiger partial charge in [-0.2, -0.15) is 0 Å². The number of rotatable bonds is 5. The number of nitro benzene ring substituents is 1. The molecule has 1 saturated heterocycles. The fourth-order valence-electron chi connectivity index (χ4n) is 2.99. The molecule has 7 nitrogen and oxygen atoms in total. The molecule has 0 radical (unpaired) electrons. The topological polar surface area (TPSA) is 74.1 Å². The van der Waals surface area contributed by atoms with Gasteiger partial charge >= 0.3 is 0 Å². The van der Waals surface area contributed by atoms with Gasteiger partial charge in [-0.05, 0) is 19.9 Å². The molecule has 2 heterocycles. The fraction of sp³-hybridized carbons (Fsp3) is 0.600. The van der Waals surface area contributed by atoms with Crippen LogP contribution in [-0.4, -0.2) is 42.9 Å². The molecule has 0 aliphatic carbocycles. The van der Waals surface area contributed by atoms with Crippen molar-refractivity contribution >= 4 is 5.69 Å². The van der Waals surface area contributed by atoms with Crippen LogP contribution < -0.4 is 4.74 Å². The van der Waals surface area contributed by atoms with Gasteiger partial charge in [0.05, 0.1) is 17.6 Å². The van der Waals surface area contributed by atoms with Crippen molar-refractivity contribution < 1.29 is 19.1 Å². The van der Waals surface area contributed by atoms with Gasteiger partial charge in [-0.3, -0.25) is 15.0 Å². The molecule has 0 aromatic heterocycles. The summed E-state index contributed by atoms with van der Waals surface area (Å²) in [5, 5.41) is 11.1. The second kappa shape index (κ2) is 6.60. The summed E-state index contributed by atoms with van der Waals surface area (Å²) in [6.45, 7) is 2.76. The van der Waals surface area contributed by atoms with Gasteiger partial charge < -0.3 is 14.2 Å². The SMILES string of the molecule is CN(Cc1cc([N+](=O)[O-])cc2c1OCOC2)C[C@@H]1CCCO1. The second-order valence-corrected chi connectivity index (χ2v) is 5.79. The molecule has 1 aromatic carbocycles. The molecule has 120 valence electrons. The molecule has 0 unspecified atom stereocenters. The summed E-state index contributed by atoms with van der Waals surface area (Å²) in [6, 6.07) is 3.12. The Balaban J connectivity index is 1.78. The van der Waals surface area contributed by atoms with Gasteiger partial charge in [0.2, 0.25) is 0 Å². The van der Waals surface area contributed by atoms with Gasteiger partial charge in [0.15, 0.2) is 6.79 Å². The Morgan fingerprint density at radius 2 is 2.32 bits per heavy atom. The Kier molecular flexibility index (Phi) is 4.56. The lowest BCUT2D eigenvalue weighted by atomic mass is 10.1. The molecule has 1 atom stereocenters. The summed E-state index contributed by atoms with van der Waals surface area (Å²) in [7, 11) is 1.99. The average Bonchev–Trinajstić information content (AvgIpc) is 2.99. The largest absolute Gasteiger partial charge is 0.467 e. The zero-order chi connectivity index (χ0) is 15.5. The van der Waals surface area contributed by atoms with E-state index in [1.807, 2.05) is 7.05 Å². The number of fused-ring (bicyclic) bond motifs is 1. The van der Waals surface area contributed by atoms with Crippen LogP contribution >= 0.6 is 0 Å². The predicted octanol–water partition coefficient (Wildman–Crippen LogP) is 2.07. The first kappa shape index (κ1) is 15.2. The van der Waals surface area contributed by atoms with Gasteiger partial charge in [0.25, 0.3) is 5.69 Å². The molecule has 0 saturated carbocycles. The summed E-state index contributed by atoms with van der Waals surface area (Å²) in [4.78, 5) is 12.8. The van der Waals surface area contributed by atoms with E-state index in [-0.39, 0.29) is 23.5 Å². The van der Waals surface area contributed by atoms with Crippen LogP contribution in [0.1, 0.15) is 24.0 Å². The van der Waals surface area contributed by atoms with Crippen LogP contribution in [0.15, 0.2) is 12.1 Å². The summed E-state index contributed by atoms with van der Waals surface area (Å²) < 4.78 is 16.4. The van der Waals surface area contributed by atoms with Crippen molar-refractivity contribution in [3.8, 4) is 5.75 Å².